The molecular formula is C10H16O5. The molecule has 0 aromatic rings. The first kappa shape index (κ1) is 12.0. The normalized spacial score (nSPS) is 23.3. The van der Waals surface area contributed by atoms with Crippen molar-refractivity contribution >= 4 is 11.9 Å². The van der Waals surface area contributed by atoms with E-state index in [1.165, 1.54) is 0 Å². The molecule has 2 atom stereocenters. The number of rotatable bonds is 6. The summed E-state index contributed by atoms with van der Waals surface area (Å²) in [5.74, 6) is -0.953. The molecule has 5 heteroatoms. The molecular weight excluding hydrogens is 200 g/mol. The number of hydrogen-bond donors (Lipinski definition) is 0. The van der Waals surface area contributed by atoms with Gasteiger partial charge in [-0.1, -0.05) is 13.8 Å². The van der Waals surface area contributed by atoms with Gasteiger partial charge >= 0.3 is 11.9 Å². The van der Waals surface area contributed by atoms with E-state index >= 15 is 0 Å². The molecule has 0 saturated carbocycles. The molecule has 0 radical (unpaired) electrons. The molecule has 1 aliphatic rings. The number of carbonyl (C=O) groups is 2. The van der Waals surface area contributed by atoms with E-state index in [1.807, 2.05) is 13.8 Å². The Morgan fingerprint density at radius 3 is 1.73 bits per heavy atom. The third-order valence-electron chi connectivity index (χ3n) is 1.85. The van der Waals surface area contributed by atoms with Crippen molar-refractivity contribution in [1.82, 2.24) is 0 Å². The second-order valence-electron chi connectivity index (χ2n) is 3.31. The van der Waals surface area contributed by atoms with Crippen LogP contribution in [0.4, 0.5) is 0 Å². The average molecular weight is 216 g/mol. The van der Waals surface area contributed by atoms with Gasteiger partial charge in [0, 0.05) is 0 Å². The second kappa shape index (κ2) is 5.70. The maximum absolute atomic E-state index is 11.2. The van der Waals surface area contributed by atoms with E-state index in [9.17, 15) is 9.59 Å². The van der Waals surface area contributed by atoms with Crippen molar-refractivity contribution in [1.29, 1.82) is 0 Å². The summed E-state index contributed by atoms with van der Waals surface area (Å²) in [6.45, 7) is 4.51. The molecule has 1 fully saturated rings. The van der Waals surface area contributed by atoms with Gasteiger partial charge in [-0.15, -0.1) is 0 Å². The average Bonchev–Trinajstić information content (AvgIpc) is 3.02. The molecule has 86 valence electrons. The Hall–Kier alpha value is -1.10. The number of epoxide rings is 1. The Morgan fingerprint density at radius 2 is 1.40 bits per heavy atom. The van der Waals surface area contributed by atoms with Gasteiger partial charge in [0.1, 0.15) is 0 Å². The minimum atomic E-state index is -0.749. The maximum atomic E-state index is 11.2. The van der Waals surface area contributed by atoms with Gasteiger partial charge < -0.3 is 14.2 Å². The van der Waals surface area contributed by atoms with Crippen LogP contribution in [0, 0.1) is 0 Å². The molecule has 0 amide bonds. The van der Waals surface area contributed by atoms with Gasteiger partial charge in [0.25, 0.3) is 0 Å². The Balaban J connectivity index is 2.21. The molecule has 0 bridgehead atoms. The van der Waals surface area contributed by atoms with Crippen molar-refractivity contribution < 1.29 is 23.8 Å². The standard InChI is InChI=1S/C10H16O5/c1-3-5-13-9(11)7-8(15-7)10(12)14-6-4-2/h7-8H,3-6H2,1-2H3. The van der Waals surface area contributed by atoms with Crippen LogP contribution in [0.2, 0.25) is 0 Å². The van der Waals surface area contributed by atoms with Crippen LogP contribution in [0.1, 0.15) is 26.7 Å². The lowest BCUT2D eigenvalue weighted by molar-refractivity contribution is -0.147. The Morgan fingerprint density at radius 1 is 1.00 bits per heavy atom. The van der Waals surface area contributed by atoms with Crippen molar-refractivity contribution in [2.45, 2.75) is 38.9 Å². The minimum absolute atomic E-state index is 0.357. The van der Waals surface area contributed by atoms with Gasteiger partial charge in [0.05, 0.1) is 13.2 Å². The molecule has 1 rings (SSSR count). The Labute approximate surface area is 88.7 Å². The van der Waals surface area contributed by atoms with Gasteiger partial charge in [0.15, 0.2) is 12.2 Å². The first-order chi connectivity index (χ1) is 7.20. The fourth-order valence-corrected chi connectivity index (χ4v) is 1.04. The van der Waals surface area contributed by atoms with Crippen LogP contribution in [0.3, 0.4) is 0 Å². The molecule has 0 aromatic carbocycles. The van der Waals surface area contributed by atoms with E-state index in [4.69, 9.17) is 14.2 Å². The second-order valence-corrected chi connectivity index (χ2v) is 3.31. The highest BCUT2D eigenvalue weighted by molar-refractivity contribution is 5.89. The van der Waals surface area contributed by atoms with Crippen LogP contribution in [-0.4, -0.2) is 37.4 Å². The van der Waals surface area contributed by atoms with Crippen LogP contribution in [0.25, 0.3) is 0 Å². The van der Waals surface area contributed by atoms with Crippen LogP contribution >= 0.6 is 0 Å². The summed E-state index contributed by atoms with van der Waals surface area (Å²) in [5.41, 5.74) is 0. The summed E-state index contributed by atoms with van der Waals surface area (Å²) in [7, 11) is 0. The molecule has 1 aliphatic heterocycles. The zero-order valence-electron chi connectivity index (χ0n) is 9.02. The quantitative estimate of drug-likeness (QED) is 0.482. The van der Waals surface area contributed by atoms with E-state index in [-0.39, 0.29) is 0 Å². The summed E-state index contributed by atoms with van der Waals surface area (Å²) >= 11 is 0. The number of ether oxygens (including phenoxy) is 3. The largest absolute Gasteiger partial charge is 0.464 e. The zero-order valence-corrected chi connectivity index (χ0v) is 9.02. The van der Waals surface area contributed by atoms with Gasteiger partial charge in [-0.25, -0.2) is 9.59 Å². The van der Waals surface area contributed by atoms with E-state index in [0.29, 0.717) is 13.2 Å². The predicted octanol–water partition coefficient (Wildman–Crippen LogP) is 0.660. The van der Waals surface area contributed by atoms with Crippen molar-refractivity contribution in [3.8, 4) is 0 Å². The highest BCUT2D eigenvalue weighted by Gasteiger charge is 2.52. The monoisotopic (exact) mass is 216 g/mol. The Kier molecular flexibility index (Phi) is 4.55. The van der Waals surface area contributed by atoms with Crippen molar-refractivity contribution in [2.24, 2.45) is 0 Å². The third kappa shape index (κ3) is 3.51. The molecule has 0 aliphatic carbocycles. The molecule has 0 spiro atoms. The lowest BCUT2D eigenvalue weighted by atomic mass is 10.3. The fraction of sp³-hybridized carbons (Fsp3) is 0.800. The van der Waals surface area contributed by atoms with Crippen LogP contribution in [-0.2, 0) is 23.8 Å². The highest BCUT2D eigenvalue weighted by Crippen LogP contribution is 2.24. The molecule has 5 nitrogen and oxygen atoms in total. The minimum Gasteiger partial charge on any atom is -0.464 e. The molecule has 15 heavy (non-hydrogen) atoms. The maximum Gasteiger partial charge on any atom is 0.338 e. The first-order valence-electron chi connectivity index (χ1n) is 5.19. The molecule has 1 heterocycles. The predicted molar refractivity (Wildman–Crippen MR) is 51.2 cm³/mol. The SMILES string of the molecule is CCCOC(=O)C1OC1C(=O)OCCC. The van der Waals surface area contributed by atoms with Gasteiger partial charge in [-0.2, -0.15) is 0 Å². The van der Waals surface area contributed by atoms with Crippen molar-refractivity contribution in [3.63, 3.8) is 0 Å². The van der Waals surface area contributed by atoms with E-state index in [0.717, 1.165) is 12.8 Å². The molecule has 1 saturated heterocycles. The van der Waals surface area contributed by atoms with Crippen molar-refractivity contribution in [2.75, 3.05) is 13.2 Å². The lowest BCUT2D eigenvalue weighted by Gasteiger charge is -2.00. The summed E-state index contributed by atoms with van der Waals surface area (Å²) < 4.78 is 14.5. The van der Waals surface area contributed by atoms with Gasteiger partial charge in [0.2, 0.25) is 0 Å². The van der Waals surface area contributed by atoms with Crippen molar-refractivity contribution in [3.05, 3.63) is 0 Å². The molecule has 0 aromatic heterocycles. The summed E-state index contributed by atoms with van der Waals surface area (Å²) in [6.07, 6.45) is 0.00844. The third-order valence-corrected chi connectivity index (χ3v) is 1.85. The fourth-order valence-electron chi connectivity index (χ4n) is 1.04. The Bertz CT molecular complexity index is 214. The van der Waals surface area contributed by atoms with E-state index in [1.54, 1.807) is 0 Å². The summed E-state index contributed by atoms with van der Waals surface area (Å²) in [4.78, 5) is 22.4. The number of esters is 2. The van der Waals surface area contributed by atoms with Crippen LogP contribution in [0.15, 0.2) is 0 Å². The van der Waals surface area contributed by atoms with Crippen LogP contribution < -0.4 is 0 Å². The first-order valence-corrected chi connectivity index (χ1v) is 5.19. The smallest absolute Gasteiger partial charge is 0.338 e. The van der Waals surface area contributed by atoms with Gasteiger partial charge in [-0.05, 0) is 12.8 Å². The van der Waals surface area contributed by atoms with Crippen LogP contribution in [0.5, 0.6) is 0 Å². The summed E-state index contributed by atoms with van der Waals surface area (Å²) in [6, 6.07) is 0. The topological polar surface area (TPSA) is 65.1 Å². The highest BCUT2D eigenvalue weighted by atomic mass is 16.7. The zero-order chi connectivity index (χ0) is 11.3. The van der Waals surface area contributed by atoms with E-state index < -0.39 is 24.1 Å². The van der Waals surface area contributed by atoms with Gasteiger partial charge in [-0.3, -0.25) is 0 Å². The number of carbonyl (C=O) groups excluding carboxylic acids is 2. The molecule has 2 unspecified atom stereocenters. The lowest BCUT2D eigenvalue weighted by Crippen LogP contribution is -2.20. The van der Waals surface area contributed by atoms with E-state index in [2.05, 4.69) is 0 Å². The number of hydrogen-bond acceptors (Lipinski definition) is 5. The summed E-state index contributed by atoms with van der Waals surface area (Å²) in [5, 5.41) is 0. The molecule has 0 N–H and O–H groups in total.